The number of hydrogen-bond acceptors (Lipinski definition) is 3. The second kappa shape index (κ2) is 20.6. The Morgan fingerprint density at radius 3 is 0.768 bits per heavy atom. The lowest BCUT2D eigenvalue weighted by Gasteiger charge is -2.14. The Bertz CT molecular complexity index is 6610. The van der Waals surface area contributed by atoms with Gasteiger partial charge in [-0.25, -0.2) is 0 Å². The fraction of sp³-hybridized carbons (Fsp3) is 0. The van der Waals surface area contributed by atoms with Crippen molar-refractivity contribution in [1.29, 1.82) is 0 Å². The molecule has 0 spiro atoms. The molecule has 0 saturated carbocycles. The van der Waals surface area contributed by atoms with Crippen molar-refractivity contribution in [3.05, 3.63) is 328 Å². The monoisotopic (exact) mass is 1250 g/mol. The van der Waals surface area contributed by atoms with Gasteiger partial charge in [-0.2, -0.15) is 0 Å². The lowest BCUT2D eigenvalue weighted by atomic mass is 9.93. The summed E-state index contributed by atoms with van der Waals surface area (Å²) in [6, 6.07) is 114. The van der Waals surface area contributed by atoms with E-state index in [2.05, 4.69) is 342 Å². The zero-order valence-corrected chi connectivity index (χ0v) is 53.4. The molecular weight excluding hydrogens is 1200 g/mol. The molecule has 6 heterocycles. The van der Waals surface area contributed by atoms with E-state index in [1.54, 1.807) is 0 Å². The van der Waals surface area contributed by atoms with Crippen molar-refractivity contribution in [3.8, 4) is 50.4 Å². The molecule has 16 aromatic carbocycles. The lowest BCUT2D eigenvalue weighted by Crippen LogP contribution is -1.95. The summed E-state index contributed by atoms with van der Waals surface area (Å²) in [6.07, 6.45) is 6.16. The number of para-hydroxylation sites is 3. The molecule has 6 heteroatoms. The Labute approximate surface area is 566 Å². The summed E-state index contributed by atoms with van der Waals surface area (Å²) >= 11 is 0. The summed E-state index contributed by atoms with van der Waals surface area (Å²) in [5.74, 6) is 0. The first-order valence-electron chi connectivity index (χ1n) is 33.9. The van der Waals surface area contributed by atoms with Gasteiger partial charge in [0.2, 0.25) is 0 Å². The minimum absolute atomic E-state index is 0.968. The van der Waals surface area contributed by atoms with E-state index in [4.69, 9.17) is 15.0 Å². The van der Waals surface area contributed by atoms with Gasteiger partial charge in [0.25, 0.3) is 0 Å². The van der Waals surface area contributed by atoms with E-state index in [1.165, 1.54) is 97.7 Å². The third-order valence-corrected chi connectivity index (χ3v) is 21.3. The predicted octanol–water partition coefficient (Wildman–Crippen LogP) is 24.5. The Morgan fingerprint density at radius 2 is 0.444 bits per heavy atom. The topological polar surface area (TPSA) is 53.5 Å². The van der Waals surface area contributed by atoms with Crippen molar-refractivity contribution in [2.24, 2.45) is 0 Å². The highest BCUT2D eigenvalue weighted by Gasteiger charge is 2.21. The van der Waals surface area contributed by atoms with E-state index in [0.29, 0.717) is 0 Å². The number of rotatable bonds is 6. The van der Waals surface area contributed by atoms with Gasteiger partial charge in [-0.3, -0.25) is 15.0 Å². The molecule has 6 aromatic heterocycles. The highest BCUT2D eigenvalue weighted by molar-refractivity contribution is 6.24. The maximum absolute atomic E-state index is 5.35. The predicted molar refractivity (Wildman–Crippen MR) is 417 cm³/mol. The summed E-state index contributed by atoms with van der Waals surface area (Å²) in [6.45, 7) is 0. The van der Waals surface area contributed by atoms with Gasteiger partial charge >= 0.3 is 0 Å². The molecule has 22 aromatic rings. The molecule has 0 radical (unpaired) electrons. The minimum Gasteiger partial charge on any atom is -0.309 e. The number of aromatic nitrogens is 6. The molecule has 99 heavy (non-hydrogen) atoms. The van der Waals surface area contributed by atoms with Crippen molar-refractivity contribution in [2.75, 3.05) is 0 Å². The number of hydrogen-bond donors (Lipinski definition) is 0. The lowest BCUT2D eigenvalue weighted by molar-refractivity contribution is 1.19. The molecule has 0 saturated heterocycles. The Kier molecular flexibility index (Phi) is 11.2. The standard InChI is InChI=1S/C93H54N6/c1-4-16-73-55(13-1)31-40-85-88(73)79-19-7-10-22-82(79)97(85)70-34-37-76-58(49-70)25-28-61-43-67(52-94-91(61)76)64-46-65(68-44-62-29-26-59-50-71(35-38-77(59)92(62)95-53-68)98-83-23-11-8-20-80(83)89-74-17-5-2-14-56(74)32-41-86(89)98)48-66(47-64)69-45-63-30-27-60-51-72(36-39-78(60)93(63)96-54-69)99-84-24-12-9-21-81(84)90-75-18-6-3-15-57(75)33-42-87(90)99/h1-54H. The van der Waals surface area contributed by atoms with E-state index in [1.807, 2.05) is 0 Å². The molecule has 0 unspecified atom stereocenters. The molecule has 22 rings (SSSR count). The molecular formula is C93H54N6. The molecule has 456 valence electrons. The zero-order valence-electron chi connectivity index (χ0n) is 53.4. The van der Waals surface area contributed by atoms with Crippen molar-refractivity contribution >= 4 is 163 Å². The van der Waals surface area contributed by atoms with E-state index in [-0.39, 0.29) is 0 Å². The molecule has 0 fully saturated rings. The van der Waals surface area contributed by atoms with Crippen molar-refractivity contribution in [1.82, 2.24) is 28.7 Å². The highest BCUT2D eigenvalue weighted by Crippen LogP contribution is 2.44. The van der Waals surface area contributed by atoms with Crippen LogP contribution < -0.4 is 0 Å². The van der Waals surface area contributed by atoms with E-state index in [0.717, 1.165) is 115 Å². The zero-order chi connectivity index (χ0) is 64.6. The number of pyridine rings is 3. The summed E-state index contributed by atoms with van der Waals surface area (Å²) < 4.78 is 7.24. The van der Waals surface area contributed by atoms with Crippen LogP contribution in [-0.4, -0.2) is 28.7 Å². The molecule has 0 bridgehead atoms. The SMILES string of the molecule is c1ccc2c(c1)ccc1c2c2ccccc2n1-c1ccc2c(ccc3cc(-c4cc(-c5cnc6c(ccc7cc(-n8c9ccccc9c9c%10ccccc%10ccc98)ccc76)c5)cc(-c5cnc6c(ccc7cc(-n8c9ccccc9c9c%10ccccc%10ccc98)ccc76)c5)c4)cnc32)c1. The number of nitrogens with zero attached hydrogens (tertiary/aromatic N) is 6. The Hall–Kier alpha value is -13.3. The van der Waals surface area contributed by atoms with Gasteiger partial charge in [0.1, 0.15) is 0 Å². The Balaban J connectivity index is 0.664. The third-order valence-electron chi connectivity index (χ3n) is 21.3. The molecule has 0 atom stereocenters. The highest BCUT2D eigenvalue weighted by atomic mass is 15.0. The van der Waals surface area contributed by atoms with Gasteiger partial charge in [0.15, 0.2) is 0 Å². The van der Waals surface area contributed by atoms with Crippen LogP contribution in [0.15, 0.2) is 328 Å². The maximum atomic E-state index is 5.35. The molecule has 0 amide bonds. The van der Waals surface area contributed by atoms with Crippen LogP contribution in [0.25, 0.3) is 213 Å². The fourth-order valence-electron chi connectivity index (χ4n) is 16.8. The summed E-state index contributed by atoms with van der Waals surface area (Å²) in [4.78, 5) is 16.1. The second-order valence-corrected chi connectivity index (χ2v) is 26.7. The second-order valence-electron chi connectivity index (χ2n) is 26.7. The van der Waals surface area contributed by atoms with E-state index >= 15 is 0 Å². The van der Waals surface area contributed by atoms with Crippen LogP contribution >= 0.6 is 0 Å². The van der Waals surface area contributed by atoms with Crippen LogP contribution in [-0.2, 0) is 0 Å². The van der Waals surface area contributed by atoms with Gasteiger partial charge in [-0.05, 0) is 174 Å². The number of benzene rings is 16. The normalized spacial score (nSPS) is 12.2. The van der Waals surface area contributed by atoms with Gasteiger partial charge in [0.05, 0.1) is 49.7 Å². The van der Waals surface area contributed by atoms with Crippen LogP contribution in [0, 0.1) is 0 Å². The van der Waals surface area contributed by atoms with Crippen LogP contribution in [0.5, 0.6) is 0 Å². The minimum atomic E-state index is 0.968. The van der Waals surface area contributed by atoms with Gasteiger partial charge in [-0.1, -0.05) is 200 Å². The molecule has 0 aliphatic carbocycles. The smallest absolute Gasteiger partial charge is 0.0780 e. The van der Waals surface area contributed by atoms with E-state index < -0.39 is 0 Å². The fourth-order valence-corrected chi connectivity index (χ4v) is 16.8. The van der Waals surface area contributed by atoms with Gasteiger partial charge in [0, 0.05) is 117 Å². The van der Waals surface area contributed by atoms with Gasteiger partial charge < -0.3 is 13.7 Å². The molecule has 0 aliphatic rings. The Morgan fingerprint density at radius 1 is 0.172 bits per heavy atom. The van der Waals surface area contributed by atoms with Gasteiger partial charge in [-0.15, -0.1) is 0 Å². The first kappa shape index (κ1) is 54.0. The van der Waals surface area contributed by atoms with Crippen LogP contribution in [0.2, 0.25) is 0 Å². The first-order chi connectivity index (χ1) is 49.0. The van der Waals surface area contributed by atoms with Crippen molar-refractivity contribution < 1.29 is 0 Å². The van der Waals surface area contributed by atoms with Crippen molar-refractivity contribution in [2.45, 2.75) is 0 Å². The van der Waals surface area contributed by atoms with Crippen LogP contribution in [0.1, 0.15) is 0 Å². The van der Waals surface area contributed by atoms with E-state index in [9.17, 15) is 0 Å². The molecule has 0 N–H and O–H groups in total. The van der Waals surface area contributed by atoms with Crippen LogP contribution in [0.4, 0.5) is 0 Å². The molecule has 0 aliphatic heterocycles. The number of fused-ring (bicyclic) bond motifs is 24. The summed E-state index contributed by atoms with van der Waals surface area (Å²) in [5, 5.41) is 25.1. The largest absolute Gasteiger partial charge is 0.309 e. The first-order valence-corrected chi connectivity index (χ1v) is 33.9. The third kappa shape index (κ3) is 8.03. The quantitative estimate of drug-likeness (QED) is 0.156. The molecule has 6 nitrogen and oxygen atoms in total. The summed E-state index contributed by atoms with van der Waals surface area (Å²) in [7, 11) is 0. The van der Waals surface area contributed by atoms with Crippen LogP contribution in [0.3, 0.4) is 0 Å². The maximum Gasteiger partial charge on any atom is 0.0780 e. The average Bonchev–Trinajstić information content (AvgIpc) is 1.61. The van der Waals surface area contributed by atoms with Crippen molar-refractivity contribution in [3.63, 3.8) is 0 Å². The summed E-state index contributed by atoms with van der Waals surface area (Å²) in [5.41, 5.74) is 19.7. The average molecular weight is 1260 g/mol.